The van der Waals surface area contributed by atoms with Gasteiger partial charge in [0.2, 0.25) is 5.91 Å². The Morgan fingerprint density at radius 1 is 1.06 bits per heavy atom. The van der Waals surface area contributed by atoms with Crippen molar-refractivity contribution in [3.8, 4) is 5.75 Å². The van der Waals surface area contributed by atoms with E-state index in [-0.39, 0.29) is 24.8 Å². The molecular formula is C36H47N5O6S. The fourth-order valence-electron chi connectivity index (χ4n) is 5.60. The number of thioether (sulfide) groups is 1. The quantitative estimate of drug-likeness (QED) is 0.243. The number of aromatic nitrogens is 1. The third kappa shape index (κ3) is 9.25. The van der Waals surface area contributed by atoms with E-state index in [1.54, 1.807) is 44.4 Å². The van der Waals surface area contributed by atoms with Crippen molar-refractivity contribution in [2.24, 2.45) is 11.7 Å². The molecule has 0 saturated carbocycles. The molecule has 1 aliphatic heterocycles. The van der Waals surface area contributed by atoms with Gasteiger partial charge in [-0.05, 0) is 64.7 Å². The molecule has 48 heavy (non-hydrogen) atoms. The second kappa shape index (κ2) is 15.4. The van der Waals surface area contributed by atoms with Crippen molar-refractivity contribution in [1.82, 2.24) is 20.5 Å². The summed E-state index contributed by atoms with van der Waals surface area (Å²) in [6, 6.07) is 13.7. The van der Waals surface area contributed by atoms with Crippen LogP contribution >= 0.6 is 11.8 Å². The average molecular weight is 678 g/mol. The standard InChI is InChI=1S/C36H47N5O6S/c1-22(2)29(39-28(42)20-46-27-15-11-14-24-19-38-17-16-25(24)27)34(45)47-30(26(37)18-23-12-9-8-10-13-23)33(44)41-21-48-36(6,7)31(41)32(43)40-35(3,4)5/h8-17,19,22,26,29-31H,18,20-21,37H2,1-7H3,(H,39,42)(H,40,43)/t26-,29-,30-,31+/m0/s1. The molecule has 1 aliphatic rings. The Bertz CT molecular complexity index is 1600. The van der Waals surface area contributed by atoms with Crippen LogP contribution in [-0.4, -0.2) is 80.6 Å². The molecule has 2 aromatic carbocycles. The summed E-state index contributed by atoms with van der Waals surface area (Å²) in [7, 11) is 0. The van der Waals surface area contributed by atoms with Crippen molar-refractivity contribution in [3.05, 3.63) is 72.6 Å². The Labute approximate surface area is 286 Å². The van der Waals surface area contributed by atoms with Crippen molar-refractivity contribution >= 4 is 46.2 Å². The second-order valence-corrected chi connectivity index (χ2v) is 15.6. The normalized spacial score (nSPS) is 17.8. The zero-order valence-electron chi connectivity index (χ0n) is 28.7. The molecule has 2 heterocycles. The number of esters is 1. The molecule has 0 spiro atoms. The minimum absolute atomic E-state index is 0.214. The molecule has 0 bridgehead atoms. The average Bonchev–Trinajstić information content (AvgIpc) is 3.35. The number of nitrogens with zero attached hydrogens (tertiary/aromatic N) is 2. The van der Waals surface area contributed by atoms with E-state index in [4.69, 9.17) is 15.2 Å². The number of rotatable bonds is 12. The minimum atomic E-state index is -1.42. The third-order valence-corrected chi connectivity index (χ3v) is 9.38. The monoisotopic (exact) mass is 677 g/mol. The zero-order valence-corrected chi connectivity index (χ0v) is 29.5. The van der Waals surface area contributed by atoms with Gasteiger partial charge in [-0.3, -0.25) is 19.4 Å². The number of carbonyl (C=O) groups is 4. The van der Waals surface area contributed by atoms with Crippen molar-refractivity contribution in [3.63, 3.8) is 0 Å². The molecule has 258 valence electrons. The van der Waals surface area contributed by atoms with Crippen LogP contribution in [0.2, 0.25) is 0 Å². The molecule has 0 radical (unpaired) electrons. The van der Waals surface area contributed by atoms with E-state index in [9.17, 15) is 19.2 Å². The van der Waals surface area contributed by atoms with Crippen molar-refractivity contribution in [1.29, 1.82) is 0 Å². The van der Waals surface area contributed by atoms with Crippen LogP contribution in [0.5, 0.6) is 5.75 Å². The summed E-state index contributed by atoms with van der Waals surface area (Å²) >= 11 is 1.46. The molecule has 4 rings (SSSR count). The van der Waals surface area contributed by atoms with Gasteiger partial charge in [0.25, 0.3) is 11.8 Å². The van der Waals surface area contributed by atoms with E-state index in [0.717, 1.165) is 16.3 Å². The van der Waals surface area contributed by atoms with Gasteiger partial charge < -0.3 is 30.7 Å². The van der Waals surface area contributed by atoms with Crippen LogP contribution in [0.15, 0.2) is 67.0 Å². The van der Waals surface area contributed by atoms with Crippen LogP contribution in [0.3, 0.4) is 0 Å². The summed E-state index contributed by atoms with van der Waals surface area (Å²) in [4.78, 5) is 60.3. The van der Waals surface area contributed by atoms with Crippen LogP contribution in [0.25, 0.3) is 10.8 Å². The second-order valence-electron chi connectivity index (χ2n) is 14.0. The van der Waals surface area contributed by atoms with E-state index >= 15 is 0 Å². The Morgan fingerprint density at radius 2 is 1.77 bits per heavy atom. The van der Waals surface area contributed by atoms with Gasteiger partial charge in [-0.2, -0.15) is 0 Å². The first-order valence-corrected chi connectivity index (χ1v) is 17.1. The Balaban J connectivity index is 1.54. The molecule has 3 aromatic rings. The summed E-state index contributed by atoms with van der Waals surface area (Å²) in [5.74, 6) is -1.89. The lowest BCUT2D eigenvalue weighted by molar-refractivity contribution is -0.166. The topological polar surface area (TPSA) is 153 Å². The molecule has 1 aromatic heterocycles. The maximum atomic E-state index is 14.3. The number of nitrogens with two attached hydrogens (primary N) is 1. The number of ether oxygens (including phenoxy) is 2. The van der Waals surface area contributed by atoms with Gasteiger partial charge in [-0.15, -0.1) is 11.8 Å². The van der Waals surface area contributed by atoms with E-state index in [0.29, 0.717) is 5.75 Å². The highest BCUT2D eigenvalue weighted by molar-refractivity contribution is 8.00. The van der Waals surface area contributed by atoms with Crippen molar-refractivity contribution in [2.45, 2.75) is 89.4 Å². The molecule has 0 unspecified atom stereocenters. The summed E-state index contributed by atoms with van der Waals surface area (Å²) < 4.78 is 11.1. The zero-order chi connectivity index (χ0) is 35.2. The summed E-state index contributed by atoms with van der Waals surface area (Å²) in [5, 5.41) is 7.37. The summed E-state index contributed by atoms with van der Waals surface area (Å²) in [6.07, 6.45) is 2.16. The molecule has 1 saturated heterocycles. The van der Waals surface area contributed by atoms with Gasteiger partial charge in [0.05, 0.1) is 11.9 Å². The van der Waals surface area contributed by atoms with Crippen LogP contribution in [0.4, 0.5) is 0 Å². The van der Waals surface area contributed by atoms with E-state index in [1.165, 1.54) is 16.7 Å². The number of pyridine rings is 1. The van der Waals surface area contributed by atoms with Gasteiger partial charge in [-0.1, -0.05) is 56.3 Å². The molecule has 4 atom stereocenters. The number of benzene rings is 2. The molecule has 0 aliphatic carbocycles. The molecule has 4 N–H and O–H groups in total. The first-order chi connectivity index (χ1) is 22.6. The Hall–Kier alpha value is -4.16. The number of hydrogen-bond donors (Lipinski definition) is 3. The summed E-state index contributed by atoms with van der Waals surface area (Å²) in [6.45, 7) is 12.6. The molecule has 1 fully saturated rings. The maximum Gasteiger partial charge on any atom is 0.329 e. The lowest BCUT2D eigenvalue weighted by Crippen LogP contribution is -2.61. The number of amides is 3. The smallest absolute Gasteiger partial charge is 0.329 e. The Kier molecular flexibility index (Phi) is 11.7. The fourth-order valence-corrected chi connectivity index (χ4v) is 6.74. The van der Waals surface area contributed by atoms with Gasteiger partial charge in [-0.25, -0.2) is 4.79 Å². The van der Waals surface area contributed by atoms with Crippen LogP contribution in [0.1, 0.15) is 54.0 Å². The number of carbonyl (C=O) groups excluding carboxylic acids is 4. The largest absolute Gasteiger partial charge is 0.483 e. The first-order valence-electron chi connectivity index (χ1n) is 16.1. The molecular weight excluding hydrogens is 630 g/mol. The third-order valence-electron chi connectivity index (χ3n) is 8.00. The highest BCUT2D eigenvalue weighted by Crippen LogP contribution is 2.40. The molecule has 3 amide bonds. The number of nitrogens with one attached hydrogen (secondary N) is 2. The Morgan fingerprint density at radius 3 is 2.44 bits per heavy atom. The molecule has 11 nitrogen and oxygen atoms in total. The predicted octanol–water partition coefficient (Wildman–Crippen LogP) is 3.83. The van der Waals surface area contributed by atoms with Gasteiger partial charge >= 0.3 is 5.97 Å². The van der Waals surface area contributed by atoms with Crippen LogP contribution in [0, 0.1) is 5.92 Å². The van der Waals surface area contributed by atoms with Crippen molar-refractivity contribution < 1.29 is 28.7 Å². The van der Waals surface area contributed by atoms with Crippen LogP contribution < -0.4 is 21.1 Å². The van der Waals surface area contributed by atoms with E-state index in [1.807, 2.05) is 71.0 Å². The number of hydrogen-bond acceptors (Lipinski definition) is 9. The van der Waals surface area contributed by atoms with Gasteiger partial charge in [0.1, 0.15) is 17.8 Å². The van der Waals surface area contributed by atoms with Gasteiger partial charge in [0, 0.05) is 33.5 Å². The van der Waals surface area contributed by atoms with Gasteiger partial charge in [0.15, 0.2) is 12.7 Å². The predicted molar refractivity (Wildman–Crippen MR) is 187 cm³/mol. The highest BCUT2D eigenvalue weighted by atomic mass is 32.2. The lowest BCUT2D eigenvalue weighted by Gasteiger charge is -2.36. The van der Waals surface area contributed by atoms with E-state index in [2.05, 4.69) is 15.6 Å². The fraction of sp³-hybridized carbons (Fsp3) is 0.472. The maximum absolute atomic E-state index is 14.3. The lowest BCUT2D eigenvalue weighted by atomic mass is 9.96. The van der Waals surface area contributed by atoms with Crippen molar-refractivity contribution in [2.75, 3.05) is 12.5 Å². The summed E-state index contributed by atoms with van der Waals surface area (Å²) in [5.41, 5.74) is 6.98. The minimum Gasteiger partial charge on any atom is -0.483 e. The first kappa shape index (κ1) is 36.7. The van der Waals surface area contributed by atoms with E-state index < -0.39 is 58.2 Å². The highest BCUT2D eigenvalue weighted by Gasteiger charge is 2.51. The SMILES string of the molecule is CC(C)[C@H](NC(=O)COc1cccc2cnccc12)C(=O)O[C@H](C(=O)N1CSC(C)(C)[C@H]1C(=O)NC(C)(C)C)[C@@H](N)Cc1ccccc1. The van der Waals surface area contributed by atoms with Crippen LogP contribution in [-0.2, 0) is 30.3 Å². The number of fused-ring (bicyclic) bond motifs is 1. The molecule has 12 heteroatoms.